The maximum atomic E-state index is 6.00. The number of pyridine rings is 1. The first-order valence-electron chi connectivity index (χ1n) is 6.08. The van der Waals surface area contributed by atoms with Gasteiger partial charge in [0.2, 0.25) is 0 Å². The van der Waals surface area contributed by atoms with Crippen molar-refractivity contribution in [1.29, 1.82) is 0 Å². The molecule has 0 aliphatic heterocycles. The van der Waals surface area contributed by atoms with E-state index in [9.17, 15) is 0 Å². The van der Waals surface area contributed by atoms with E-state index in [4.69, 9.17) is 11.6 Å². The van der Waals surface area contributed by atoms with Crippen molar-refractivity contribution < 1.29 is 0 Å². The maximum absolute atomic E-state index is 6.00. The van der Waals surface area contributed by atoms with Crippen LogP contribution in [0.25, 0.3) is 0 Å². The fourth-order valence-corrected chi connectivity index (χ4v) is 1.87. The van der Waals surface area contributed by atoms with Crippen LogP contribution >= 0.6 is 11.6 Å². The molecule has 2 aromatic rings. The van der Waals surface area contributed by atoms with Gasteiger partial charge < -0.3 is 5.32 Å². The number of anilines is 1. The Morgan fingerprint density at radius 2 is 2.28 bits per heavy atom. The van der Waals surface area contributed by atoms with Gasteiger partial charge in [-0.2, -0.15) is 5.10 Å². The summed E-state index contributed by atoms with van der Waals surface area (Å²) in [5, 5.41) is 8.37. The van der Waals surface area contributed by atoms with E-state index < -0.39 is 0 Å². The maximum Gasteiger partial charge on any atom is 0.131 e. The lowest BCUT2D eigenvalue weighted by Crippen LogP contribution is -2.08. The quantitative estimate of drug-likeness (QED) is 0.902. The highest BCUT2D eigenvalue weighted by molar-refractivity contribution is 6.31. The van der Waals surface area contributed by atoms with Crippen LogP contribution in [-0.4, -0.2) is 21.3 Å². The van der Waals surface area contributed by atoms with E-state index in [-0.39, 0.29) is 0 Å². The van der Waals surface area contributed by atoms with Gasteiger partial charge in [0.05, 0.1) is 17.3 Å². The standard InChI is InChI=1S/C13H17ClN4/c1-3-6-15-13-11(5-4-7-16-13)8-18-9-12(14)10(2)17-18/h4-5,7,9H,3,6,8H2,1-2H3,(H,15,16). The van der Waals surface area contributed by atoms with Crippen LogP contribution in [0.2, 0.25) is 5.02 Å². The van der Waals surface area contributed by atoms with E-state index in [1.54, 1.807) is 6.20 Å². The molecule has 0 radical (unpaired) electrons. The average Bonchev–Trinajstić information content (AvgIpc) is 2.67. The van der Waals surface area contributed by atoms with Gasteiger partial charge in [-0.1, -0.05) is 24.6 Å². The lowest BCUT2D eigenvalue weighted by molar-refractivity contribution is 0.678. The number of nitrogens with zero attached hydrogens (tertiary/aromatic N) is 3. The molecule has 0 fully saturated rings. The zero-order valence-electron chi connectivity index (χ0n) is 10.7. The predicted molar refractivity (Wildman–Crippen MR) is 74.1 cm³/mol. The molecule has 0 saturated heterocycles. The number of aryl methyl sites for hydroxylation is 1. The van der Waals surface area contributed by atoms with Crippen molar-refractivity contribution >= 4 is 17.4 Å². The van der Waals surface area contributed by atoms with Crippen molar-refractivity contribution in [3.05, 3.63) is 40.8 Å². The van der Waals surface area contributed by atoms with Crippen molar-refractivity contribution in [1.82, 2.24) is 14.8 Å². The average molecular weight is 265 g/mol. The molecule has 0 amide bonds. The zero-order chi connectivity index (χ0) is 13.0. The molecule has 0 aliphatic rings. The van der Waals surface area contributed by atoms with Crippen LogP contribution in [0.15, 0.2) is 24.5 Å². The van der Waals surface area contributed by atoms with Crippen molar-refractivity contribution in [3.8, 4) is 0 Å². The first-order valence-corrected chi connectivity index (χ1v) is 6.46. The summed E-state index contributed by atoms with van der Waals surface area (Å²) in [6.07, 6.45) is 4.71. The van der Waals surface area contributed by atoms with E-state index in [1.807, 2.05) is 23.9 Å². The van der Waals surface area contributed by atoms with Crippen LogP contribution in [0.3, 0.4) is 0 Å². The fourth-order valence-electron chi connectivity index (χ4n) is 1.72. The van der Waals surface area contributed by atoms with Gasteiger partial charge in [-0.25, -0.2) is 4.98 Å². The zero-order valence-corrected chi connectivity index (χ0v) is 11.4. The topological polar surface area (TPSA) is 42.7 Å². The van der Waals surface area contributed by atoms with E-state index in [0.29, 0.717) is 11.6 Å². The van der Waals surface area contributed by atoms with Crippen LogP contribution in [-0.2, 0) is 6.54 Å². The molecule has 0 aliphatic carbocycles. The minimum absolute atomic E-state index is 0.674. The molecular formula is C13H17ClN4. The highest BCUT2D eigenvalue weighted by Gasteiger charge is 2.06. The second-order valence-electron chi connectivity index (χ2n) is 4.20. The Hall–Kier alpha value is -1.55. The molecule has 0 unspecified atom stereocenters. The lowest BCUT2D eigenvalue weighted by Gasteiger charge is -2.09. The number of rotatable bonds is 5. The Kier molecular flexibility index (Phi) is 4.20. The summed E-state index contributed by atoms with van der Waals surface area (Å²) >= 11 is 6.00. The second-order valence-corrected chi connectivity index (χ2v) is 4.61. The highest BCUT2D eigenvalue weighted by Crippen LogP contribution is 2.16. The predicted octanol–water partition coefficient (Wildman–Crippen LogP) is 3.11. The molecule has 4 nitrogen and oxygen atoms in total. The molecule has 18 heavy (non-hydrogen) atoms. The number of halogens is 1. The van der Waals surface area contributed by atoms with Gasteiger partial charge in [-0.3, -0.25) is 4.68 Å². The first kappa shape index (κ1) is 12.9. The van der Waals surface area contributed by atoms with Gasteiger partial charge in [-0.05, 0) is 19.4 Å². The minimum atomic E-state index is 0.674. The number of nitrogens with one attached hydrogen (secondary N) is 1. The molecule has 0 atom stereocenters. The Morgan fingerprint density at radius 1 is 1.44 bits per heavy atom. The van der Waals surface area contributed by atoms with Crippen LogP contribution in [0.5, 0.6) is 0 Å². The Morgan fingerprint density at radius 3 is 2.94 bits per heavy atom. The van der Waals surface area contributed by atoms with E-state index in [0.717, 1.165) is 30.0 Å². The molecule has 2 heterocycles. The molecule has 0 bridgehead atoms. The number of hydrogen-bond donors (Lipinski definition) is 1. The third kappa shape index (κ3) is 3.01. The minimum Gasteiger partial charge on any atom is -0.370 e. The fraction of sp³-hybridized carbons (Fsp3) is 0.385. The van der Waals surface area contributed by atoms with Gasteiger partial charge >= 0.3 is 0 Å². The molecule has 0 aromatic carbocycles. The first-order chi connectivity index (χ1) is 8.70. The normalized spacial score (nSPS) is 10.6. The number of hydrogen-bond acceptors (Lipinski definition) is 3. The van der Waals surface area contributed by atoms with Gasteiger partial charge in [0.25, 0.3) is 0 Å². The molecule has 0 spiro atoms. The van der Waals surface area contributed by atoms with Crippen molar-refractivity contribution in [2.75, 3.05) is 11.9 Å². The molecule has 5 heteroatoms. The monoisotopic (exact) mass is 264 g/mol. The molecule has 2 rings (SSSR count). The van der Waals surface area contributed by atoms with Crippen LogP contribution < -0.4 is 5.32 Å². The SMILES string of the molecule is CCCNc1ncccc1Cn1cc(Cl)c(C)n1. The van der Waals surface area contributed by atoms with Crippen molar-refractivity contribution in [3.63, 3.8) is 0 Å². The number of aromatic nitrogens is 3. The summed E-state index contributed by atoms with van der Waals surface area (Å²) in [5.41, 5.74) is 1.97. The van der Waals surface area contributed by atoms with E-state index >= 15 is 0 Å². The van der Waals surface area contributed by atoms with Crippen molar-refractivity contribution in [2.24, 2.45) is 0 Å². The Labute approximate surface area is 112 Å². The van der Waals surface area contributed by atoms with Gasteiger partial charge in [0.1, 0.15) is 5.82 Å². The lowest BCUT2D eigenvalue weighted by atomic mass is 10.2. The smallest absolute Gasteiger partial charge is 0.131 e. The van der Waals surface area contributed by atoms with E-state index in [1.165, 1.54) is 0 Å². The summed E-state index contributed by atoms with van der Waals surface area (Å²) in [7, 11) is 0. The molecule has 2 aromatic heterocycles. The summed E-state index contributed by atoms with van der Waals surface area (Å²) in [5.74, 6) is 0.920. The molecule has 96 valence electrons. The van der Waals surface area contributed by atoms with E-state index in [2.05, 4.69) is 28.4 Å². The highest BCUT2D eigenvalue weighted by atomic mass is 35.5. The van der Waals surface area contributed by atoms with Crippen LogP contribution in [0, 0.1) is 6.92 Å². The van der Waals surface area contributed by atoms with Crippen LogP contribution in [0.4, 0.5) is 5.82 Å². The third-order valence-corrected chi connectivity index (χ3v) is 3.02. The third-order valence-electron chi connectivity index (χ3n) is 2.65. The molecule has 0 saturated carbocycles. The Bertz CT molecular complexity index is 502. The van der Waals surface area contributed by atoms with Gasteiger partial charge in [-0.15, -0.1) is 0 Å². The largest absolute Gasteiger partial charge is 0.370 e. The summed E-state index contributed by atoms with van der Waals surface area (Å²) in [6, 6.07) is 3.99. The summed E-state index contributed by atoms with van der Waals surface area (Å²) in [6.45, 7) is 5.63. The van der Waals surface area contributed by atoms with Crippen molar-refractivity contribution in [2.45, 2.75) is 26.8 Å². The molecular weight excluding hydrogens is 248 g/mol. The summed E-state index contributed by atoms with van der Waals surface area (Å²) in [4.78, 5) is 4.36. The summed E-state index contributed by atoms with van der Waals surface area (Å²) < 4.78 is 1.84. The van der Waals surface area contributed by atoms with Gasteiger partial charge in [0.15, 0.2) is 0 Å². The van der Waals surface area contributed by atoms with Gasteiger partial charge in [0, 0.05) is 24.5 Å². The molecule has 1 N–H and O–H groups in total. The Balaban J connectivity index is 2.17. The van der Waals surface area contributed by atoms with Crippen LogP contribution in [0.1, 0.15) is 24.6 Å². The second kappa shape index (κ2) is 5.87.